The van der Waals surface area contributed by atoms with E-state index >= 15 is 0 Å². The third-order valence-electron chi connectivity index (χ3n) is 3.58. The summed E-state index contributed by atoms with van der Waals surface area (Å²) in [5, 5.41) is 10.7. The zero-order valence-corrected chi connectivity index (χ0v) is 13.0. The van der Waals surface area contributed by atoms with Crippen LogP contribution in [0.2, 0.25) is 0 Å². The van der Waals surface area contributed by atoms with Crippen molar-refractivity contribution in [2.24, 2.45) is 0 Å². The first-order valence-corrected chi connectivity index (χ1v) is 8.25. The number of aryl methyl sites for hydroxylation is 1. The summed E-state index contributed by atoms with van der Waals surface area (Å²) in [6.07, 6.45) is 2.92. The number of hydrogen-bond donors (Lipinski definition) is 2. The Hall–Kier alpha value is -1.08. The van der Waals surface area contributed by atoms with Crippen molar-refractivity contribution in [1.82, 2.24) is 25.4 Å². The number of likely N-dealkylation sites (tertiary alicyclic amines) is 1. The number of H-pyrrole nitrogens is 1. The first-order valence-electron chi connectivity index (χ1n) is 7.27. The van der Waals surface area contributed by atoms with Crippen LogP contribution in [-0.4, -0.2) is 57.4 Å². The van der Waals surface area contributed by atoms with E-state index in [2.05, 4.69) is 32.3 Å². The second kappa shape index (κ2) is 7.64. The summed E-state index contributed by atoms with van der Waals surface area (Å²) in [5.74, 6) is 1.32. The molecule has 0 unspecified atom stereocenters. The zero-order valence-electron chi connectivity index (χ0n) is 12.2. The smallest absolute Gasteiger partial charge is 0.230 e. The molecule has 0 saturated carbocycles. The van der Waals surface area contributed by atoms with Crippen LogP contribution in [0.3, 0.4) is 0 Å². The molecular weight excluding hydrogens is 274 g/mol. The standard InChI is InChI=1S/C13H23N5OS/c1-3-11-15-13(17-16-11)20-9-12(19)14-10-5-7-18(4-2)8-6-10/h10H,3-9H2,1-2H3,(H,14,19)(H,15,16,17). The fraction of sp³-hybridized carbons (Fsp3) is 0.769. The molecule has 1 aliphatic heterocycles. The topological polar surface area (TPSA) is 73.9 Å². The number of carbonyl (C=O) groups excluding carboxylic acids is 1. The number of nitrogens with zero attached hydrogens (tertiary/aromatic N) is 3. The first kappa shape index (κ1) is 15.3. The van der Waals surface area contributed by atoms with Crippen LogP contribution in [0.15, 0.2) is 5.16 Å². The molecule has 0 aliphatic carbocycles. The molecule has 2 N–H and O–H groups in total. The summed E-state index contributed by atoms with van der Waals surface area (Å²) in [4.78, 5) is 18.6. The molecule has 0 atom stereocenters. The molecule has 1 saturated heterocycles. The van der Waals surface area contributed by atoms with Crippen LogP contribution in [0.5, 0.6) is 0 Å². The lowest BCUT2D eigenvalue weighted by Crippen LogP contribution is -2.45. The fourth-order valence-corrected chi connectivity index (χ4v) is 2.92. The lowest BCUT2D eigenvalue weighted by atomic mass is 10.1. The first-order chi connectivity index (χ1) is 9.71. The predicted molar refractivity (Wildman–Crippen MR) is 79.8 cm³/mol. The minimum atomic E-state index is 0.0767. The van der Waals surface area contributed by atoms with Gasteiger partial charge in [-0.1, -0.05) is 25.6 Å². The summed E-state index contributed by atoms with van der Waals surface area (Å²) in [5.41, 5.74) is 0. The largest absolute Gasteiger partial charge is 0.353 e. The molecule has 0 bridgehead atoms. The molecule has 0 spiro atoms. The van der Waals surface area contributed by atoms with Crippen molar-refractivity contribution >= 4 is 17.7 Å². The maximum Gasteiger partial charge on any atom is 0.230 e. The molecule has 6 nitrogen and oxygen atoms in total. The van der Waals surface area contributed by atoms with E-state index in [0.29, 0.717) is 17.0 Å². The highest BCUT2D eigenvalue weighted by Crippen LogP contribution is 2.13. The lowest BCUT2D eigenvalue weighted by molar-refractivity contribution is -0.119. The molecule has 1 aromatic rings. The van der Waals surface area contributed by atoms with E-state index in [4.69, 9.17) is 0 Å². The van der Waals surface area contributed by atoms with Crippen molar-refractivity contribution in [3.63, 3.8) is 0 Å². The van der Waals surface area contributed by atoms with Crippen LogP contribution in [0.1, 0.15) is 32.5 Å². The van der Waals surface area contributed by atoms with Crippen molar-refractivity contribution in [3.8, 4) is 0 Å². The summed E-state index contributed by atoms with van der Waals surface area (Å²) < 4.78 is 0. The van der Waals surface area contributed by atoms with Crippen molar-refractivity contribution in [2.75, 3.05) is 25.4 Å². The Balaban J connectivity index is 1.68. The van der Waals surface area contributed by atoms with E-state index in [0.717, 1.165) is 44.7 Å². The maximum absolute atomic E-state index is 11.9. The van der Waals surface area contributed by atoms with Gasteiger partial charge in [-0.15, -0.1) is 5.10 Å². The molecule has 0 radical (unpaired) electrons. The Kier molecular flexibility index (Phi) is 5.85. The molecular formula is C13H23N5OS. The number of rotatable bonds is 6. The SMILES string of the molecule is CCc1nc(SCC(=O)NC2CCN(CC)CC2)n[nH]1. The van der Waals surface area contributed by atoms with Gasteiger partial charge in [0.15, 0.2) is 0 Å². The number of hydrogen-bond acceptors (Lipinski definition) is 5. The van der Waals surface area contributed by atoms with Crippen LogP contribution < -0.4 is 5.32 Å². The minimum Gasteiger partial charge on any atom is -0.353 e. The van der Waals surface area contributed by atoms with Gasteiger partial charge in [0.1, 0.15) is 5.82 Å². The van der Waals surface area contributed by atoms with E-state index in [1.807, 2.05) is 6.92 Å². The third-order valence-corrected chi connectivity index (χ3v) is 4.43. The average molecular weight is 297 g/mol. The molecule has 1 aliphatic rings. The summed E-state index contributed by atoms with van der Waals surface area (Å²) >= 11 is 1.38. The molecule has 2 rings (SSSR count). The van der Waals surface area contributed by atoms with E-state index in [-0.39, 0.29) is 5.91 Å². The minimum absolute atomic E-state index is 0.0767. The highest BCUT2D eigenvalue weighted by atomic mass is 32.2. The van der Waals surface area contributed by atoms with Crippen LogP contribution in [-0.2, 0) is 11.2 Å². The molecule has 112 valence electrons. The van der Waals surface area contributed by atoms with Gasteiger partial charge in [-0.25, -0.2) is 4.98 Å². The van der Waals surface area contributed by atoms with Gasteiger partial charge in [-0.2, -0.15) is 0 Å². The normalized spacial score (nSPS) is 17.3. The van der Waals surface area contributed by atoms with Crippen molar-refractivity contribution in [2.45, 2.75) is 44.3 Å². The number of aromatic nitrogens is 3. The van der Waals surface area contributed by atoms with Crippen molar-refractivity contribution in [3.05, 3.63) is 5.82 Å². The maximum atomic E-state index is 11.9. The lowest BCUT2D eigenvalue weighted by Gasteiger charge is -2.31. The van der Waals surface area contributed by atoms with Gasteiger partial charge < -0.3 is 10.2 Å². The molecule has 2 heterocycles. The van der Waals surface area contributed by atoms with E-state index in [1.165, 1.54) is 11.8 Å². The Morgan fingerprint density at radius 1 is 1.45 bits per heavy atom. The van der Waals surface area contributed by atoms with Crippen molar-refractivity contribution in [1.29, 1.82) is 0 Å². The summed E-state index contributed by atoms with van der Waals surface area (Å²) in [6.45, 7) is 7.45. The number of piperidine rings is 1. The van der Waals surface area contributed by atoms with Crippen LogP contribution in [0.4, 0.5) is 0 Å². The molecule has 20 heavy (non-hydrogen) atoms. The highest BCUT2D eigenvalue weighted by molar-refractivity contribution is 7.99. The van der Waals surface area contributed by atoms with Crippen LogP contribution in [0.25, 0.3) is 0 Å². The van der Waals surface area contributed by atoms with Gasteiger partial charge in [0.25, 0.3) is 0 Å². The monoisotopic (exact) mass is 297 g/mol. The Bertz CT molecular complexity index is 428. The predicted octanol–water partition coefficient (Wildman–Crippen LogP) is 1.06. The molecule has 1 aromatic heterocycles. The second-order valence-corrected chi connectivity index (χ2v) is 5.93. The Morgan fingerprint density at radius 3 is 2.80 bits per heavy atom. The Morgan fingerprint density at radius 2 is 2.20 bits per heavy atom. The molecule has 1 fully saturated rings. The molecule has 0 aromatic carbocycles. The molecule has 7 heteroatoms. The van der Waals surface area contributed by atoms with E-state index in [9.17, 15) is 4.79 Å². The number of carbonyl (C=O) groups is 1. The van der Waals surface area contributed by atoms with Gasteiger partial charge in [-0.05, 0) is 19.4 Å². The van der Waals surface area contributed by atoms with Crippen LogP contribution in [0, 0.1) is 0 Å². The number of aromatic amines is 1. The summed E-state index contributed by atoms with van der Waals surface area (Å²) in [6, 6.07) is 0.323. The van der Waals surface area contributed by atoms with E-state index < -0.39 is 0 Å². The van der Waals surface area contributed by atoms with Crippen molar-refractivity contribution < 1.29 is 4.79 Å². The van der Waals surface area contributed by atoms with Gasteiger partial charge in [0, 0.05) is 25.6 Å². The third kappa shape index (κ3) is 4.49. The quantitative estimate of drug-likeness (QED) is 0.768. The zero-order chi connectivity index (χ0) is 14.4. The van der Waals surface area contributed by atoms with Gasteiger partial charge in [-0.3, -0.25) is 9.89 Å². The van der Waals surface area contributed by atoms with E-state index in [1.54, 1.807) is 0 Å². The Labute approximate surface area is 124 Å². The number of nitrogens with one attached hydrogen (secondary N) is 2. The van der Waals surface area contributed by atoms with Gasteiger partial charge in [0.2, 0.25) is 11.1 Å². The second-order valence-electron chi connectivity index (χ2n) is 4.98. The average Bonchev–Trinajstić information content (AvgIpc) is 2.94. The number of thioether (sulfide) groups is 1. The van der Waals surface area contributed by atoms with Gasteiger partial charge in [0.05, 0.1) is 5.75 Å². The number of amides is 1. The highest BCUT2D eigenvalue weighted by Gasteiger charge is 2.19. The fourth-order valence-electron chi connectivity index (χ4n) is 2.29. The van der Waals surface area contributed by atoms with Gasteiger partial charge >= 0.3 is 0 Å². The summed E-state index contributed by atoms with van der Waals surface area (Å²) in [7, 11) is 0. The van der Waals surface area contributed by atoms with Crippen LogP contribution >= 0.6 is 11.8 Å². The molecule has 1 amide bonds.